The Bertz CT molecular complexity index is 394. The summed E-state index contributed by atoms with van der Waals surface area (Å²) in [5, 5.41) is 6.81. The maximum Gasteiger partial charge on any atom is 0.185 e. The number of piperazine rings is 1. The summed E-state index contributed by atoms with van der Waals surface area (Å²) in [4.78, 5) is 9.48. The standard InChI is InChI=1S/C16H28N4S/c1-14(15-3-2-5-17-13-15)4-7-19-8-10-20(11-9-19)16-18-6-12-21-16/h6,12,14-15,17H,2-5,7-11,13H2,1H3. The van der Waals surface area contributed by atoms with Gasteiger partial charge in [0.1, 0.15) is 0 Å². The Morgan fingerprint density at radius 1 is 1.38 bits per heavy atom. The lowest BCUT2D eigenvalue weighted by atomic mass is 9.85. The first-order valence-corrected chi connectivity index (χ1v) is 9.28. The van der Waals surface area contributed by atoms with Crippen LogP contribution >= 0.6 is 11.3 Å². The van der Waals surface area contributed by atoms with Crippen molar-refractivity contribution < 1.29 is 0 Å². The summed E-state index contributed by atoms with van der Waals surface area (Å²) in [5.41, 5.74) is 0. The van der Waals surface area contributed by atoms with E-state index in [0.29, 0.717) is 0 Å². The van der Waals surface area contributed by atoms with Gasteiger partial charge in [0.05, 0.1) is 0 Å². The SMILES string of the molecule is CC(CCN1CCN(c2nccs2)CC1)C1CCCNC1. The van der Waals surface area contributed by atoms with Crippen LogP contribution in [0.25, 0.3) is 0 Å². The predicted molar refractivity (Wildman–Crippen MR) is 90.1 cm³/mol. The molecule has 2 aliphatic heterocycles. The van der Waals surface area contributed by atoms with E-state index in [1.807, 2.05) is 6.20 Å². The van der Waals surface area contributed by atoms with Crippen LogP contribution in [-0.2, 0) is 0 Å². The Hall–Kier alpha value is -0.650. The normalized spacial score (nSPS) is 26.0. The van der Waals surface area contributed by atoms with Crippen LogP contribution in [-0.4, -0.2) is 55.7 Å². The minimum atomic E-state index is 0.856. The van der Waals surface area contributed by atoms with Crippen LogP contribution in [0.3, 0.4) is 0 Å². The second-order valence-corrected chi connectivity index (χ2v) is 7.39. The van der Waals surface area contributed by atoms with Crippen molar-refractivity contribution in [1.29, 1.82) is 0 Å². The van der Waals surface area contributed by atoms with E-state index in [-0.39, 0.29) is 0 Å². The number of aromatic nitrogens is 1. The summed E-state index contributed by atoms with van der Waals surface area (Å²) < 4.78 is 0. The van der Waals surface area contributed by atoms with E-state index >= 15 is 0 Å². The maximum atomic E-state index is 4.42. The maximum absolute atomic E-state index is 4.42. The third-order valence-electron chi connectivity index (χ3n) is 5.10. The van der Waals surface area contributed by atoms with Gasteiger partial charge < -0.3 is 10.2 Å². The van der Waals surface area contributed by atoms with Gasteiger partial charge in [-0.1, -0.05) is 6.92 Å². The molecule has 5 heteroatoms. The van der Waals surface area contributed by atoms with Crippen molar-refractivity contribution in [2.24, 2.45) is 11.8 Å². The van der Waals surface area contributed by atoms with Gasteiger partial charge in [0.2, 0.25) is 0 Å². The molecular formula is C16H28N4S. The molecule has 3 rings (SSSR count). The van der Waals surface area contributed by atoms with Gasteiger partial charge in [0.15, 0.2) is 5.13 Å². The molecular weight excluding hydrogens is 280 g/mol. The van der Waals surface area contributed by atoms with Gasteiger partial charge in [0, 0.05) is 37.8 Å². The Kier molecular flexibility index (Phi) is 5.49. The van der Waals surface area contributed by atoms with Crippen molar-refractivity contribution in [2.45, 2.75) is 26.2 Å². The van der Waals surface area contributed by atoms with E-state index in [1.54, 1.807) is 11.3 Å². The van der Waals surface area contributed by atoms with Crippen LogP contribution in [0.2, 0.25) is 0 Å². The summed E-state index contributed by atoms with van der Waals surface area (Å²) in [6, 6.07) is 0. The Morgan fingerprint density at radius 2 is 2.24 bits per heavy atom. The molecule has 2 fully saturated rings. The number of nitrogens with zero attached hydrogens (tertiary/aromatic N) is 3. The third kappa shape index (κ3) is 4.18. The Morgan fingerprint density at radius 3 is 2.90 bits per heavy atom. The fraction of sp³-hybridized carbons (Fsp3) is 0.812. The van der Waals surface area contributed by atoms with E-state index in [4.69, 9.17) is 0 Å². The van der Waals surface area contributed by atoms with Crippen LogP contribution in [0.1, 0.15) is 26.2 Å². The van der Waals surface area contributed by atoms with Crippen LogP contribution < -0.4 is 10.2 Å². The van der Waals surface area contributed by atoms with Gasteiger partial charge in [-0.2, -0.15) is 0 Å². The molecule has 0 amide bonds. The van der Waals surface area contributed by atoms with Crippen molar-refractivity contribution in [3.63, 3.8) is 0 Å². The minimum absolute atomic E-state index is 0.856. The Labute approximate surface area is 132 Å². The second kappa shape index (κ2) is 7.56. The first kappa shape index (κ1) is 15.3. The molecule has 1 aromatic rings. The lowest BCUT2D eigenvalue weighted by molar-refractivity contribution is 0.205. The van der Waals surface area contributed by atoms with Crippen molar-refractivity contribution in [1.82, 2.24) is 15.2 Å². The van der Waals surface area contributed by atoms with Gasteiger partial charge >= 0.3 is 0 Å². The highest BCUT2D eigenvalue weighted by Gasteiger charge is 2.22. The number of thiazole rings is 1. The number of nitrogens with one attached hydrogen (secondary N) is 1. The van der Waals surface area contributed by atoms with Gasteiger partial charge in [-0.05, 0) is 50.7 Å². The molecule has 3 heterocycles. The van der Waals surface area contributed by atoms with E-state index in [2.05, 4.69) is 32.4 Å². The molecule has 0 spiro atoms. The lowest BCUT2D eigenvalue weighted by Gasteiger charge is -2.36. The lowest BCUT2D eigenvalue weighted by Crippen LogP contribution is -2.47. The average molecular weight is 308 g/mol. The highest BCUT2D eigenvalue weighted by Crippen LogP contribution is 2.23. The van der Waals surface area contributed by atoms with Gasteiger partial charge in [-0.25, -0.2) is 4.98 Å². The van der Waals surface area contributed by atoms with Crippen LogP contribution in [0.15, 0.2) is 11.6 Å². The van der Waals surface area contributed by atoms with Gasteiger partial charge in [-0.15, -0.1) is 11.3 Å². The number of anilines is 1. The highest BCUT2D eigenvalue weighted by molar-refractivity contribution is 7.13. The first-order valence-electron chi connectivity index (χ1n) is 8.40. The highest BCUT2D eigenvalue weighted by atomic mass is 32.1. The molecule has 2 unspecified atom stereocenters. The fourth-order valence-electron chi connectivity index (χ4n) is 3.52. The summed E-state index contributed by atoms with van der Waals surface area (Å²) >= 11 is 1.76. The van der Waals surface area contributed by atoms with Crippen LogP contribution in [0, 0.1) is 11.8 Å². The average Bonchev–Trinajstić information content (AvgIpc) is 3.08. The van der Waals surface area contributed by atoms with E-state index < -0.39 is 0 Å². The molecule has 118 valence electrons. The zero-order chi connectivity index (χ0) is 14.5. The smallest absolute Gasteiger partial charge is 0.185 e. The number of hydrogen-bond donors (Lipinski definition) is 1. The fourth-order valence-corrected chi connectivity index (χ4v) is 4.22. The zero-order valence-electron chi connectivity index (χ0n) is 13.1. The molecule has 21 heavy (non-hydrogen) atoms. The molecule has 0 bridgehead atoms. The Balaban J connectivity index is 1.37. The quantitative estimate of drug-likeness (QED) is 0.904. The van der Waals surface area contributed by atoms with Crippen molar-refractivity contribution in [3.8, 4) is 0 Å². The van der Waals surface area contributed by atoms with Crippen molar-refractivity contribution >= 4 is 16.5 Å². The first-order chi connectivity index (χ1) is 10.3. The molecule has 0 aromatic carbocycles. The van der Waals surface area contributed by atoms with E-state index in [1.165, 1.54) is 57.1 Å². The molecule has 1 N–H and O–H groups in total. The summed E-state index contributed by atoms with van der Waals surface area (Å²) in [6.07, 6.45) is 6.04. The molecule has 1 aromatic heterocycles. The third-order valence-corrected chi connectivity index (χ3v) is 5.93. The van der Waals surface area contributed by atoms with Gasteiger partial charge in [-0.3, -0.25) is 4.90 Å². The van der Waals surface area contributed by atoms with Crippen molar-refractivity contribution in [2.75, 3.05) is 50.7 Å². The summed E-state index contributed by atoms with van der Waals surface area (Å²) in [7, 11) is 0. The number of piperidine rings is 1. The number of hydrogen-bond acceptors (Lipinski definition) is 5. The molecule has 2 saturated heterocycles. The molecule has 0 saturated carbocycles. The van der Waals surface area contributed by atoms with Crippen LogP contribution in [0.5, 0.6) is 0 Å². The predicted octanol–water partition coefficient (Wildman–Crippen LogP) is 2.29. The van der Waals surface area contributed by atoms with Crippen molar-refractivity contribution in [3.05, 3.63) is 11.6 Å². The monoisotopic (exact) mass is 308 g/mol. The molecule has 2 aliphatic rings. The molecule has 0 aliphatic carbocycles. The molecule has 4 nitrogen and oxygen atoms in total. The largest absolute Gasteiger partial charge is 0.346 e. The van der Waals surface area contributed by atoms with Gasteiger partial charge in [0.25, 0.3) is 0 Å². The minimum Gasteiger partial charge on any atom is -0.346 e. The summed E-state index contributed by atoms with van der Waals surface area (Å²) in [6.45, 7) is 10.8. The van der Waals surface area contributed by atoms with E-state index in [9.17, 15) is 0 Å². The number of rotatable bonds is 5. The summed E-state index contributed by atoms with van der Waals surface area (Å²) in [5.74, 6) is 1.75. The molecule has 2 atom stereocenters. The molecule has 0 radical (unpaired) electrons. The zero-order valence-corrected chi connectivity index (χ0v) is 13.9. The van der Waals surface area contributed by atoms with E-state index in [0.717, 1.165) is 24.9 Å². The van der Waals surface area contributed by atoms with Crippen LogP contribution in [0.4, 0.5) is 5.13 Å². The topological polar surface area (TPSA) is 31.4 Å². The second-order valence-electron chi connectivity index (χ2n) is 6.52.